The zero-order valence-corrected chi connectivity index (χ0v) is 18.9. The minimum atomic E-state index is -3.77. The zero-order chi connectivity index (χ0) is 21.0. The second kappa shape index (κ2) is 8.95. The molecule has 0 saturated carbocycles. The van der Waals surface area contributed by atoms with Crippen molar-refractivity contribution < 1.29 is 17.9 Å². The number of hydrogen-bond donors (Lipinski definition) is 1. The Labute approximate surface area is 182 Å². The number of fused-ring (bicyclic) bond motifs is 1. The molecule has 0 saturated heterocycles. The highest BCUT2D eigenvalue weighted by Gasteiger charge is 2.16. The maximum atomic E-state index is 12.4. The number of ether oxygens (including phenoxy) is 1. The van der Waals surface area contributed by atoms with Crippen LogP contribution in [0.15, 0.2) is 58.5 Å². The first-order valence-electron chi connectivity index (χ1n) is 8.87. The minimum Gasteiger partial charge on any atom is -0.465 e. The molecule has 0 amide bonds. The van der Waals surface area contributed by atoms with Gasteiger partial charge in [0.05, 0.1) is 17.7 Å². The number of aromatic nitrogens is 1. The Hall–Kier alpha value is -2.40. The average molecular weight is 525 g/mol. The molecule has 3 rings (SSSR count). The van der Waals surface area contributed by atoms with Gasteiger partial charge in [0, 0.05) is 25.7 Å². The Kier molecular flexibility index (Phi) is 6.58. The first kappa shape index (κ1) is 21.3. The van der Waals surface area contributed by atoms with Crippen molar-refractivity contribution in [2.75, 3.05) is 6.61 Å². The molecule has 152 valence electrons. The number of hydrogen-bond acceptors (Lipinski definition) is 5. The molecule has 1 aromatic heterocycles. The number of nitrogens with one attached hydrogen (secondary N) is 1. The molecule has 1 heterocycles. The molecule has 3 aromatic rings. The molecule has 0 bridgehead atoms. The lowest BCUT2D eigenvalue weighted by atomic mass is 10.1. The number of rotatable bonds is 7. The Balaban J connectivity index is 1.91. The van der Waals surface area contributed by atoms with Crippen molar-refractivity contribution in [3.63, 3.8) is 0 Å². The lowest BCUT2D eigenvalue weighted by Gasteiger charge is -2.07. The summed E-state index contributed by atoms with van der Waals surface area (Å²) in [5.74, 6) is -0.334. The summed E-state index contributed by atoms with van der Waals surface area (Å²) >= 11 is 2.11. The molecule has 2 aromatic carbocycles. The number of para-hydroxylation sites is 1. The molecular formula is C20H20IN3O4S. The quantitative estimate of drug-likeness (QED) is 0.222. The summed E-state index contributed by atoms with van der Waals surface area (Å²) in [6.07, 6.45) is 1.46. The highest BCUT2D eigenvalue weighted by atomic mass is 127. The van der Waals surface area contributed by atoms with Gasteiger partial charge in [-0.25, -0.2) is 4.83 Å². The maximum Gasteiger partial charge on any atom is 0.325 e. The molecule has 0 atom stereocenters. The van der Waals surface area contributed by atoms with Gasteiger partial charge in [-0.3, -0.25) is 4.79 Å². The molecule has 0 aliphatic rings. The first-order chi connectivity index (χ1) is 13.8. The summed E-state index contributed by atoms with van der Waals surface area (Å²) in [5, 5.41) is 4.82. The molecule has 29 heavy (non-hydrogen) atoms. The summed E-state index contributed by atoms with van der Waals surface area (Å²) in [6.45, 7) is 4.00. The van der Waals surface area contributed by atoms with Crippen LogP contribution in [-0.2, 0) is 26.1 Å². The third-order valence-electron chi connectivity index (χ3n) is 4.36. The molecule has 9 heteroatoms. The van der Waals surface area contributed by atoms with Crippen molar-refractivity contribution in [1.82, 2.24) is 9.40 Å². The van der Waals surface area contributed by atoms with E-state index in [1.165, 1.54) is 18.3 Å². The molecule has 0 aliphatic carbocycles. The van der Waals surface area contributed by atoms with Gasteiger partial charge in [-0.05, 0) is 66.8 Å². The number of halogens is 1. The molecule has 0 radical (unpaired) electrons. The molecular weight excluding hydrogens is 505 g/mol. The topological polar surface area (TPSA) is 89.8 Å². The summed E-state index contributed by atoms with van der Waals surface area (Å²) < 4.78 is 32.7. The van der Waals surface area contributed by atoms with E-state index in [2.05, 4.69) is 32.5 Å². The number of nitrogens with zero attached hydrogens (tertiary/aromatic N) is 2. The highest BCUT2D eigenvalue weighted by Crippen LogP contribution is 2.24. The van der Waals surface area contributed by atoms with Gasteiger partial charge in [0.15, 0.2) is 0 Å². The van der Waals surface area contributed by atoms with Gasteiger partial charge in [0.2, 0.25) is 0 Å². The van der Waals surface area contributed by atoms with Gasteiger partial charge in [-0.1, -0.05) is 18.2 Å². The number of benzene rings is 2. The monoisotopic (exact) mass is 525 g/mol. The number of esters is 1. The number of carbonyl (C=O) groups is 1. The second-order valence-corrected chi connectivity index (χ2v) is 9.12. The Bertz CT molecular complexity index is 1170. The van der Waals surface area contributed by atoms with Crippen LogP contribution in [0.5, 0.6) is 0 Å². The van der Waals surface area contributed by atoms with E-state index < -0.39 is 10.0 Å². The van der Waals surface area contributed by atoms with Crippen molar-refractivity contribution in [2.24, 2.45) is 5.10 Å². The highest BCUT2D eigenvalue weighted by molar-refractivity contribution is 14.1. The van der Waals surface area contributed by atoms with Crippen LogP contribution in [-0.4, -0.2) is 31.8 Å². The molecule has 0 fully saturated rings. The third-order valence-corrected chi connectivity index (χ3v) is 6.32. The van der Waals surface area contributed by atoms with Gasteiger partial charge in [0.1, 0.15) is 6.54 Å². The predicted octanol–water partition coefficient (Wildman–Crippen LogP) is 3.43. The lowest BCUT2D eigenvalue weighted by Crippen LogP contribution is -2.18. The van der Waals surface area contributed by atoms with Crippen molar-refractivity contribution in [2.45, 2.75) is 25.3 Å². The number of hydrazone groups is 1. The van der Waals surface area contributed by atoms with Crippen LogP contribution in [0, 0.1) is 10.5 Å². The van der Waals surface area contributed by atoms with E-state index in [9.17, 15) is 13.2 Å². The van der Waals surface area contributed by atoms with Crippen LogP contribution < -0.4 is 4.83 Å². The Morgan fingerprint density at radius 3 is 2.59 bits per heavy atom. The molecule has 0 spiro atoms. The Morgan fingerprint density at radius 2 is 1.90 bits per heavy atom. The maximum absolute atomic E-state index is 12.4. The van der Waals surface area contributed by atoms with Gasteiger partial charge >= 0.3 is 5.97 Å². The van der Waals surface area contributed by atoms with Gasteiger partial charge in [-0.2, -0.15) is 13.5 Å². The van der Waals surface area contributed by atoms with Crippen molar-refractivity contribution in [1.29, 1.82) is 0 Å². The van der Waals surface area contributed by atoms with Gasteiger partial charge in [-0.15, -0.1) is 0 Å². The van der Waals surface area contributed by atoms with Crippen LogP contribution in [0.2, 0.25) is 0 Å². The van der Waals surface area contributed by atoms with Crippen molar-refractivity contribution >= 4 is 55.7 Å². The summed E-state index contributed by atoms with van der Waals surface area (Å²) in [6, 6.07) is 14.0. The minimum absolute atomic E-state index is 0.0718. The smallest absolute Gasteiger partial charge is 0.325 e. The number of sulfonamides is 1. The zero-order valence-electron chi connectivity index (χ0n) is 15.9. The van der Waals surface area contributed by atoms with Crippen molar-refractivity contribution in [3.8, 4) is 0 Å². The van der Waals surface area contributed by atoms with Crippen LogP contribution in [0.25, 0.3) is 10.9 Å². The lowest BCUT2D eigenvalue weighted by molar-refractivity contribution is -0.143. The van der Waals surface area contributed by atoms with E-state index in [4.69, 9.17) is 4.74 Å². The van der Waals surface area contributed by atoms with Gasteiger partial charge < -0.3 is 9.30 Å². The van der Waals surface area contributed by atoms with Crippen LogP contribution in [0.4, 0.5) is 0 Å². The summed E-state index contributed by atoms with van der Waals surface area (Å²) in [7, 11) is -3.77. The largest absolute Gasteiger partial charge is 0.465 e. The third kappa shape index (κ3) is 4.78. The van der Waals surface area contributed by atoms with Crippen LogP contribution >= 0.6 is 22.6 Å². The van der Waals surface area contributed by atoms with Crippen LogP contribution in [0.1, 0.15) is 18.2 Å². The van der Waals surface area contributed by atoms with E-state index in [-0.39, 0.29) is 17.4 Å². The molecule has 0 aliphatic heterocycles. The van der Waals surface area contributed by atoms with E-state index in [0.717, 1.165) is 25.7 Å². The number of carbonyl (C=O) groups excluding carboxylic acids is 1. The summed E-state index contributed by atoms with van der Waals surface area (Å²) in [4.78, 5) is 14.4. The standard InChI is InChI=1S/C20H20IN3O4S/c1-3-28-20(25)13-24-14(2)18(17-6-4-5-7-19(17)24)12-22-23-29(26,27)16-10-8-15(21)9-11-16/h4-12,23H,3,13H2,1-2H3/b22-12-. The molecule has 7 nitrogen and oxygen atoms in total. The van der Waals surface area contributed by atoms with E-state index in [1.807, 2.05) is 35.8 Å². The fourth-order valence-corrected chi connectivity index (χ4v) is 4.14. The SMILES string of the molecule is CCOC(=O)Cn1c(C)c(/C=N\NS(=O)(=O)c2ccc(I)cc2)c2ccccc21. The van der Waals surface area contributed by atoms with E-state index in [0.29, 0.717) is 6.61 Å². The molecule has 0 unspecified atom stereocenters. The molecule has 1 N–H and O–H groups in total. The fraction of sp³-hybridized carbons (Fsp3) is 0.200. The normalized spacial score (nSPS) is 11.8. The summed E-state index contributed by atoms with van der Waals surface area (Å²) in [5.41, 5.74) is 2.37. The first-order valence-corrected chi connectivity index (χ1v) is 11.4. The average Bonchev–Trinajstić information content (AvgIpc) is 2.94. The van der Waals surface area contributed by atoms with Crippen LogP contribution in [0.3, 0.4) is 0 Å². The van der Waals surface area contributed by atoms with E-state index in [1.54, 1.807) is 19.1 Å². The van der Waals surface area contributed by atoms with Crippen molar-refractivity contribution in [3.05, 3.63) is 63.4 Å². The second-order valence-electron chi connectivity index (χ2n) is 6.21. The predicted molar refractivity (Wildman–Crippen MR) is 120 cm³/mol. The van der Waals surface area contributed by atoms with E-state index >= 15 is 0 Å². The Morgan fingerprint density at radius 1 is 1.21 bits per heavy atom. The van der Waals surface area contributed by atoms with Gasteiger partial charge in [0.25, 0.3) is 10.0 Å². The fourth-order valence-electron chi connectivity index (χ4n) is 2.99.